The Morgan fingerprint density at radius 1 is 0.900 bits per heavy atom. The summed E-state index contributed by atoms with van der Waals surface area (Å²) in [5.74, 6) is -0.520. The third-order valence-electron chi connectivity index (χ3n) is 6.13. The molecule has 40 heavy (non-hydrogen) atoms. The van der Waals surface area contributed by atoms with Gasteiger partial charge in [-0.1, -0.05) is 23.2 Å². The minimum Gasteiger partial charge on any atom is -0.444 e. The summed E-state index contributed by atoms with van der Waals surface area (Å²) in [4.78, 5) is 50.8. The number of hydrogen-bond acceptors (Lipinski definition) is 7. The van der Waals surface area contributed by atoms with Crippen molar-refractivity contribution < 1.29 is 19.1 Å². The number of rotatable bonds is 5. The van der Waals surface area contributed by atoms with E-state index in [1.54, 1.807) is 41.4 Å². The van der Waals surface area contributed by atoms with Crippen LogP contribution in [0.2, 0.25) is 5.02 Å². The predicted octanol–water partition coefficient (Wildman–Crippen LogP) is 5.39. The number of ether oxygens (including phenoxy) is 1. The molecular weight excluding hydrogens is 532 g/mol. The second-order valence-corrected chi connectivity index (χ2v) is 11.0. The van der Waals surface area contributed by atoms with Crippen LogP contribution < -0.4 is 15.5 Å². The number of nitrogens with zero attached hydrogens (tertiary/aromatic N) is 4. The minimum atomic E-state index is -0.541. The van der Waals surface area contributed by atoms with Crippen molar-refractivity contribution in [2.45, 2.75) is 39.7 Å². The van der Waals surface area contributed by atoms with Crippen LogP contribution in [0.4, 0.5) is 22.0 Å². The molecule has 0 radical (unpaired) electrons. The van der Waals surface area contributed by atoms with Crippen LogP contribution in [0.1, 0.15) is 53.6 Å². The van der Waals surface area contributed by atoms with Crippen LogP contribution in [-0.4, -0.2) is 64.6 Å². The zero-order chi connectivity index (χ0) is 28.9. The molecule has 2 N–H and O–H groups in total. The van der Waals surface area contributed by atoms with Gasteiger partial charge in [-0.2, -0.15) is 0 Å². The molecule has 0 saturated carbocycles. The van der Waals surface area contributed by atoms with Gasteiger partial charge >= 0.3 is 6.09 Å². The van der Waals surface area contributed by atoms with Crippen molar-refractivity contribution in [1.29, 1.82) is 0 Å². The zero-order valence-corrected chi connectivity index (χ0v) is 23.8. The quantitative estimate of drug-likeness (QED) is 0.426. The van der Waals surface area contributed by atoms with E-state index in [2.05, 4.69) is 25.5 Å². The summed E-state index contributed by atoms with van der Waals surface area (Å²) in [6, 6.07) is 11.9. The number of carbonyl (C=O) groups is 3. The maximum Gasteiger partial charge on any atom is 0.410 e. The Kier molecular flexibility index (Phi) is 8.89. The molecular formula is C29H33ClN6O4. The summed E-state index contributed by atoms with van der Waals surface area (Å²) in [5, 5.41) is 5.98. The molecule has 210 valence electrons. The first-order valence-corrected chi connectivity index (χ1v) is 13.4. The zero-order valence-electron chi connectivity index (χ0n) is 23.0. The molecule has 3 heterocycles. The van der Waals surface area contributed by atoms with Crippen LogP contribution in [0, 0.1) is 6.92 Å². The molecule has 0 aliphatic carbocycles. The Balaban J connectivity index is 1.41. The van der Waals surface area contributed by atoms with E-state index in [-0.39, 0.29) is 11.8 Å². The fourth-order valence-corrected chi connectivity index (χ4v) is 4.28. The molecule has 0 spiro atoms. The Labute approximate surface area is 238 Å². The average Bonchev–Trinajstić information content (AvgIpc) is 3.17. The standard InChI is InChI=1S/C29H33ClN6O4/c1-19-6-9-23(22(16-19)26(37)34-25-11-7-20(30)17-32-25)33-27(38)24-10-8-21(18-31-24)35-12-5-13-36(15-14-35)28(39)40-29(2,3)4/h6-11,16-18H,5,12-15H2,1-4H3,(H,33,38)(H,32,34,37). The van der Waals surface area contributed by atoms with E-state index >= 15 is 0 Å². The smallest absolute Gasteiger partial charge is 0.410 e. The first-order valence-electron chi connectivity index (χ1n) is 13.0. The summed E-state index contributed by atoms with van der Waals surface area (Å²) < 4.78 is 5.51. The maximum absolute atomic E-state index is 13.0. The summed E-state index contributed by atoms with van der Waals surface area (Å²) in [5.41, 5.74) is 2.02. The van der Waals surface area contributed by atoms with Crippen molar-refractivity contribution in [2.75, 3.05) is 41.7 Å². The third-order valence-corrected chi connectivity index (χ3v) is 6.35. The second kappa shape index (κ2) is 12.3. The van der Waals surface area contributed by atoms with Gasteiger partial charge in [-0.3, -0.25) is 9.59 Å². The van der Waals surface area contributed by atoms with Crippen molar-refractivity contribution in [3.8, 4) is 0 Å². The number of pyridine rings is 2. The first kappa shape index (κ1) is 28.8. The third kappa shape index (κ3) is 7.69. The van der Waals surface area contributed by atoms with Gasteiger partial charge in [-0.15, -0.1) is 0 Å². The maximum atomic E-state index is 13.0. The number of nitrogens with one attached hydrogen (secondary N) is 2. The molecule has 0 bridgehead atoms. The van der Waals surface area contributed by atoms with Crippen LogP contribution >= 0.6 is 11.6 Å². The van der Waals surface area contributed by atoms with E-state index in [0.717, 1.165) is 24.2 Å². The van der Waals surface area contributed by atoms with Gasteiger partial charge in [0.05, 0.1) is 28.2 Å². The Morgan fingerprint density at radius 2 is 1.70 bits per heavy atom. The lowest BCUT2D eigenvalue weighted by molar-refractivity contribution is 0.0263. The number of halogens is 1. The van der Waals surface area contributed by atoms with Gasteiger partial charge in [0.15, 0.2) is 0 Å². The number of hydrogen-bond donors (Lipinski definition) is 2. The molecule has 4 rings (SSSR count). The van der Waals surface area contributed by atoms with Crippen LogP contribution in [0.15, 0.2) is 54.9 Å². The predicted molar refractivity (Wildman–Crippen MR) is 155 cm³/mol. The SMILES string of the molecule is Cc1ccc(NC(=O)c2ccc(N3CCCN(C(=O)OC(C)(C)C)CC3)cn2)c(C(=O)Nc2ccc(Cl)cn2)c1. The Morgan fingerprint density at radius 3 is 2.38 bits per heavy atom. The molecule has 1 saturated heterocycles. The molecule has 0 atom stereocenters. The van der Waals surface area contributed by atoms with Gasteiger partial charge in [0, 0.05) is 32.4 Å². The van der Waals surface area contributed by atoms with Gasteiger partial charge < -0.3 is 25.2 Å². The monoisotopic (exact) mass is 564 g/mol. The fourth-order valence-electron chi connectivity index (χ4n) is 4.17. The molecule has 1 aliphatic rings. The highest BCUT2D eigenvalue weighted by molar-refractivity contribution is 6.30. The van der Waals surface area contributed by atoms with Crippen molar-refractivity contribution in [3.05, 3.63) is 76.7 Å². The summed E-state index contributed by atoms with van der Waals surface area (Å²) in [6.45, 7) is 9.93. The molecule has 1 fully saturated rings. The van der Waals surface area contributed by atoms with Crippen LogP contribution in [0.3, 0.4) is 0 Å². The van der Waals surface area contributed by atoms with Crippen LogP contribution in [0.25, 0.3) is 0 Å². The summed E-state index contributed by atoms with van der Waals surface area (Å²) in [7, 11) is 0. The van der Waals surface area contributed by atoms with Crippen molar-refractivity contribution in [1.82, 2.24) is 14.9 Å². The van der Waals surface area contributed by atoms with Gasteiger partial charge in [0.1, 0.15) is 17.1 Å². The Hall–Kier alpha value is -4.18. The molecule has 3 amide bonds. The van der Waals surface area contributed by atoms with Crippen LogP contribution in [-0.2, 0) is 4.74 Å². The largest absolute Gasteiger partial charge is 0.444 e. The lowest BCUT2D eigenvalue weighted by Crippen LogP contribution is -2.39. The number of aryl methyl sites for hydroxylation is 1. The number of amides is 3. The summed E-state index contributed by atoms with van der Waals surface area (Å²) in [6.07, 6.45) is 3.56. The molecule has 2 aromatic heterocycles. The van der Waals surface area contributed by atoms with E-state index in [9.17, 15) is 14.4 Å². The van der Waals surface area contributed by atoms with Crippen molar-refractivity contribution in [3.63, 3.8) is 0 Å². The minimum absolute atomic E-state index is 0.209. The fraction of sp³-hybridized carbons (Fsp3) is 0.345. The van der Waals surface area contributed by atoms with E-state index < -0.39 is 17.4 Å². The molecule has 11 heteroatoms. The first-order chi connectivity index (χ1) is 19.0. The van der Waals surface area contributed by atoms with Crippen LogP contribution in [0.5, 0.6) is 0 Å². The highest BCUT2D eigenvalue weighted by Crippen LogP contribution is 2.22. The molecule has 1 aromatic carbocycles. The summed E-state index contributed by atoms with van der Waals surface area (Å²) >= 11 is 5.87. The van der Waals surface area contributed by atoms with Gasteiger partial charge in [-0.25, -0.2) is 14.8 Å². The Bertz CT molecular complexity index is 1370. The normalized spacial score (nSPS) is 13.8. The molecule has 3 aromatic rings. The van der Waals surface area contributed by atoms with E-state index in [4.69, 9.17) is 16.3 Å². The average molecular weight is 565 g/mol. The highest BCUT2D eigenvalue weighted by Gasteiger charge is 2.25. The van der Waals surface area contributed by atoms with Gasteiger partial charge in [0.25, 0.3) is 11.8 Å². The molecule has 10 nitrogen and oxygen atoms in total. The molecule has 1 aliphatic heterocycles. The molecule has 0 unspecified atom stereocenters. The van der Waals surface area contributed by atoms with Crippen molar-refractivity contribution in [2.24, 2.45) is 0 Å². The van der Waals surface area contributed by atoms with Gasteiger partial charge in [-0.05, 0) is 70.5 Å². The van der Waals surface area contributed by atoms with E-state index in [1.807, 2.05) is 39.8 Å². The van der Waals surface area contributed by atoms with Gasteiger partial charge in [0.2, 0.25) is 0 Å². The van der Waals surface area contributed by atoms with E-state index in [1.165, 1.54) is 6.20 Å². The lowest BCUT2D eigenvalue weighted by atomic mass is 10.1. The number of anilines is 3. The number of carbonyl (C=O) groups excluding carboxylic acids is 3. The second-order valence-electron chi connectivity index (χ2n) is 10.5. The topological polar surface area (TPSA) is 117 Å². The number of benzene rings is 1. The number of aromatic nitrogens is 2. The highest BCUT2D eigenvalue weighted by atomic mass is 35.5. The lowest BCUT2D eigenvalue weighted by Gasteiger charge is -2.26. The van der Waals surface area contributed by atoms with Crippen molar-refractivity contribution >= 4 is 46.7 Å². The van der Waals surface area contributed by atoms with E-state index in [0.29, 0.717) is 41.7 Å².